The van der Waals surface area contributed by atoms with E-state index in [9.17, 15) is 5.11 Å². The Morgan fingerprint density at radius 1 is 0.966 bits per heavy atom. The van der Waals surface area contributed by atoms with Crippen LogP contribution in [0.25, 0.3) is 10.2 Å². The smallest absolute Gasteiger partial charge is 0.141 e. The van der Waals surface area contributed by atoms with Crippen LogP contribution in [0.4, 0.5) is 5.82 Å². The van der Waals surface area contributed by atoms with E-state index in [1.807, 2.05) is 11.3 Å². The normalized spacial score (nSPS) is 17.6. The highest BCUT2D eigenvalue weighted by molar-refractivity contribution is 7.19. The molecule has 3 aromatic rings. The quantitative estimate of drug-likeness (QED) is 0.702. The largest absolute Gasteiger partial charge is 0.395 e. The molecule has 5 nitrogen and oxygen atoms in total. The van der Waals surface area contributed by atoms with Crippen molar-refractivity contribution in [1.82, 2.24) is 14.9 Å². The molecular weight excluding hydrogens is 380 g/mol. The Morgan fingerprint density at radius 2 is 1.76 bits per heavy atom. The second-order valence-corrected chi connectivity index (χ2v) is 9.15. The number of hydrogen-bond acceptors (Lipinski definition) is 6. The predicted molar refractivity (Wildman–Crippen MR) is 119 cm³/mol. The van der Waals surface area contributed by atoms with E-state index in [2.05, 4.69) is 40.1 Å². The SMILES string of the molecule is OCCN1CCN(c2nc(Cc3ccccc3)nc3sc4c(c23)CCCC4)CC1. The van der Waals surface area contributed by atoms with Crippen LogP contribution in [0.2, 0.25) is 0 Å². The van der Waals surface area contributed by atoms with Crippen LogP contribution < -0.4 is 4.90 Å². The van der Waals surface area contributed by atoms with Gasteiger partial charge in [0, 0.05) is 44.0 Å². The molecule has 0 bridgehead atoms. The van der Waals surface area contributed by atoms with Crippen molar-refractivity contribution in [2.75, 3.05) is 44.2 Å². The Balaban J connectivity index is 1.53. The molecule has 3 heterocycles. The number of aromatic nitrogens is 2. The summed E-state index contributed by atoms with van der Waals surface area (Å²) in [7, 11) is 0. The zero-order chi connectivity index (χ0) is 19.6. The first kappa shape index (κ1) is 19.0. The van der Waals surface area contributed by atoms with E-state index in [0.29, 0.717) is 0 Å². The number of hydrogen-bond donors (Lipinski definition) is 1. The molecule has 2 aromatic heterocycles. The fourth-order valence-corrected chi connectivity index (χ4v) is 5.87. The lowest BCUT2D eigenvalue weighted by molar-refractivity contribution is 0.188. The summed E-state index contributed by atoms with van der Waals surface area (Å²) in [5.41, 5.74) is 2.77. The third-order valence-corrected chi connectivity index (χ3v) is 7.32. The number of thiophene rings is 1. The molecule has 1 aliphatic carbocycles. The van der Waals surface area contributed by atoms with Gasteiger partial charge in [0.1, 0.15) is 16.5 Å². The van der Waals surface area contributed by atoms with E-state index in [1.54, 1.807) is 0 Å². The van der Waals surface area contributed by atoms with E-state index in [1.165, 1.54) is 45.5 Å². The van der Waals surface area contributed by atoms with Crippen molar-refractivity contribution in [2.45, 2.75) is 32.1 Å². The van der Waals surface area contributed by atoms with E-state index in [4.69, 9.17) is 9.97 Å². The van der Waals surface area contributed by atoms with E-state index >= 15 is 0 Å². The molecule has 29 heavy (non-hydrogen) atoms. The number of β-amino-alcohol motifs (C(OH)–C–C–N with tert-alkyl or cyclic N) is 1. The van der Waals surface area contributed by atoms with Gasteiger partial charge in [-0.2, -0.15) is 0 Å². The molecule has 5 rings (SSSR count). The van der Waals surface area contributed by atoms with Gasteiger partial charge in [-0.15, -0.1) is 11.3 Å². The minimum absolute atomic E-state index is 0.233. The van der Waals surface area contributed by atoms with Crippen molar-refractivity contribution in [2.24, 2.45) is 0 Å². The Kier molecular flexibility index (Phi) is 5.48. The molecule has 1 N–H and O–H groups in total. The number of nitrogens with zero attached hydrogens (tertiary/aromatic N) is 4. The molecule has 0 spiro atoms. The summed E-state index contributed by atoms with van der Waals surface area (Å²) in [6.07, 6.45) is 5.69. The Hall–Kier alpha value is -2.02. The summed E-state index contributed by atoms with van der Waals surface area (Å²) in [5.74, 6) is 2.07. The zero-order valence-corrected chi connectivity index (χ0v) is 17.6. The zero-order valence-electron chi connectivity index (χ0n) is 16.8. The van der Waals surface area contributed by atoms with Crippen LogP contribution in [0.1, 0.15) is 34.7 Å². The lowest BCUT2D eigenvalue weighted by Crippen LogP contribution is -2.47. The maximum atomic E-state index is 9.25. The van der Waals surface area contributed by atoms with Gasteiger partial charge in [-0.25, -0.2) is 9.97 Å². The number of aliphatic hydroxyl groups excluding tert-OH is 1. The maximum Gasteiger partial charge on any atom is 0.141 e. The van der Waals surface area contributed by atoms with Gasteiger partial charge in [-0.3, -0.25) is 4.90 Å². The van der Waals surface area contributed by atoms with Crippen LogP contribution in [0.15, 0.2) is 30.3 Å². The van der Waals surface area contributed by atoms with Gasteiger partial charge in [-0.1, -0.05) is 30.3 Å². The molecule has 152 valence electrons. The van der Waals surface area contributed by atoms with Crippen molar-refractivity contribution in [3.05, 3.63) is 52.2 Å². The highest BCUT2D eigenvalue weighted by Gasteiger charge is 2.26. The van der Waals surface area contributed by atoms with Gasteiger partial charge in [0.25, 0.3) is 0 Å². The molecule has 6 heteroatoms. The lowest BCUT2D eigenvalue weighted by atomic mass is 9.96. The van der Waals surface area contributed by atoms with Crippen LogP contribution in [0.5, 0.6) is 0 Å². The van der Waals surface area contributed by atoms with Gasteiger partial charge >= 0.3 is 0 Å². The van der Waals surface area contributed by atoms with Crippen LogP contribution in [-0.4, -0.2) is 59.3 Å². The van der Waals surface area contributed by atoms with Crippen molar-refractivity contribution >= 4 is 27.4 Å². The summed E-state index contributed by atoms with van der Waals surface area (Å²) >= 11 is 1.89. The number of rotatable bonds is 5. The number of anilines is 1. The minimum atomic E-state index is 0.233. The molecule has 1 aromatic carbocycles. The van der Waals surface area contributed by atoms with Crippen LogP contribution >= 0.6 is 11.3 Å². The minimum Gasteiger partial charge on any atom is -0.395 e. The standard InChI is InChI=1S/C23H28N4OS/c28-15-14-26-10-12-27(13-11-26)22-21-18-8-4-5-9-19(18)29-23(21)25-20(24-22)16-17-6-2-1-3-7-17/h1-3,6-7,28H,4-5,8-16H2. The Morgan fingerprint density at radius 3 is 2.55 bits per heavy atom. The maximum absolute atomic E-state index is 9.25. The topological polar surface area (TPSA) is 52.5 Å². The second-order valence-electron chi connectivity index (χ2n) is 8.07. The molecule has 1 fully saturated rings. The average Bonchev–Trinajstić information content (AvgIpc) is 3.13. The van der Waals surface area contributed by atoms with Gasteiger partial charge in [0.15, 0.2) is 0 Å². The highest BCUT2D eigenvalue weighted by Crippen LogP contribution is 2.40. The molecule has 0 radical (unpaired) electrons. The number of aliphatic hydroxyl groups is 1. The van der Waals surface area contributed by atoms with E-state index in [-0.39, 0.29) is 6.61 Å². The second kappa shape index (κ2) is 8.38. The van der Waals surface area contributed by atoms with Gasteiger partial charge in [-0.05, 0) is 36.8 Å². The molecule has 1 aliphatic heterocycles. The van der Waals surface area contributed by atoms with Gasteiger partial charge < -0.3 is 10.0 Å². The number of benzene rings is 1. The number of fused-ring (bicyclic) bond motifs is 3. The Bertz CT molecular complexity index is 979. The lowest BCUT2D eigenvalue weighted by Gasteiger charge is -2.35. The summed E-state index contributed by atoms with van der Waals surface area (Å²) in [4.78, 5) is 17.6. The summed E-state index contributed by atoms with van der Waals surface area (Å²) in [6.45, 7) is 4.87. The van der Waals surface area contributed by atoms with Crippen molar-refractivity contribution in [1.29, 1.82) is 0 Å². The Labute approximate surface area is 176 Å². The summed E-state index contributed by atoms with van der Waals surface area (Å²) in [6, 6.07) is 10.5. The molecule has 0 atom stereocenters. The number of aryl methyl sites for hydroxylation is 2. The first-order chi connectivity index (χ1) is 14.3. The predicted octanol–water partition coefficient (Wildman–Crippen LogP) is 3.28. The van der Waals surface area contributed by atoms with Crippen LogP contribution in [-0.2, 0) is 19.3 Å². The monoisotopic (exact) mass is 408 g/mol. The average molecular weight is 409 g/mol. The molecule has 0 unspecified atom stereocenters. The van der Waals surface area contributed by atoms with E-state index < -0.39 is 0 Å². The third-order valence-electron chi connectivity index (χ3n) is 6.14. The molecular formula is C23H28N4OS. The van der Waals surface area contributed by atoms with Crippen molar-refractivity contribution in [3.8, 4) is 0 Å². The molecule has 2 aliphatic rings. The van der Waals surface area contributed by atoms with Crippen LogP contribution in [0.3, 0.4) is 0 Å². The fraction of sp³-hybridized carbons (Fsp3) is 0.478. The molecule has 0 amide bonds. The van der Waals surface area contributed by atoms with Crippen molar-refractivity contribution in [3.63, 3.8) is 0 Å². The molecule has 1 saturated heterocycles. The van der Waals surface area contributed by atoms with Gasteiger partial charge in [0.2, 0.25) is 0 Å². The highest BCUT2D eigenvalue weighted by atomic mass is 32.1. The fourth-order valence-electron chi connectivity index (χ4n) is 4.59. The van der Waals surface area contributed by atoms with Crippen LogP contribution in [0, 0.1) is 0 Å². The first-order valence-corrected chi connectivity index (χ1v) is 11.6. The molecule has 0 saturated carbocycles. The van der Waals surface area contributed by atoms with Gasteiger partial charge in [0.05, 0.1) is 12.0 Å². The number of piperazine rings is 1. The summed E-state index contributed by atoms with van der Waals surface area (Å²) in [5, 5.41) is 10.6. The first-order valence-electron chi connectivity index (χ1n) is 10.7. The third kappa shape index (κ3) is 3.89. The summed E-state index contributed by atoms with van der Waals surface area (Å²) < 4.78 is 0. The van der Waals surface area contributed by atoms with E-state index in [0.717, 1.165) is 57.2 Å². The van der Waals surface area contributed by atoms with Crippen molar-refractivity contribution < 1.29 is 5.11 Å².